The maximum Gasteiger partial charge on any atom is 0.0662 e. The largest absolute Gasteiger partial charge is 0.390 e. The van der Waals surface area contributed by atoms with Crippen LogP contribution in [-0.2, 0) is 0 Å². The second kappa shape index (κ2) is 3.95. The SMILES string of the molecule is OC1(CCN2CCCNCC2)CC1. The Kier molecular flexibility index (Phi) is 2.86. The Hall–Kier alpha value is -0.120. The maximum atomic E-state index is 9.69. The second-order valence-corrected chi connectivity index (χ2v) is 4.42. The summed E-state index contributed by atoms with van der Waals surface area (Å²) >= 11 is 0. The van der Waals surface area contributed by atoms with Crippen molar-refractivity contribution in [3.63, 3.8) is 0 Å². The molecule has 0 atom stereocenters. The van der Waals surface area contributed by atoms with E-state index >= 15 is 0 Å². The number of rotatable bonds is 3. The van der Waals surface area contributed by atoms with Crippen LogP contribution in [0.4, 0.5) is 0 Å². The van der Waals surface area contributed by atoms with Gasteiger partial charge in [-0.25, -0.2) is 0 Å². The van der Waals surface area contributed by atoms with Crippen molar-refractivity contribution >= 4 is 0 Å². The van der Waals surface area contributed by atoms with Crippen LogP contribution in [0.15, 0.2) is 0 Å². The zero-order valence-electron chi connectivity index (χ0n) is 8.26. The fourth-order valence-electron chi connectivity index (χ4n) is 1.89. The van der Waals surface area contributed by atoms with Gasteiger partial charge in [0.15, 0.2) is 0 Å². The van der Waals surface area contributed by atoms with Gasteiger partial charge in [-0.15, -0.1) is 0 Å². The molecular formula is C10H20N2O. The zero-order valence-corrected chi connectivity index (χ0v) is 8.26. The first kappa shape index (κ1) is 9.44. The third-order valence-electron chi connectivity index (χ3n) is 3.15. The molecule has 0 aromatic carbocycles. The van der Waals surface area contributed by atoms with Crippen molar-refractivity contribution in [2.75, 3.05) is 32.7 Å². The quantitative estimate of drug-likeness (QED) is 0.657. The lowest BCUT2D eigenvalue weighted by Gasteiger charge is -2.20. The molecule has 3 heteroatoms. The van der Waals surface area contributed by atoms with E-state index in [9.17, 15) is 5.11 Å². The monoisotopic (exact) mass is 184 g/mol. The molecule has 2 N–H and O–H groups in total. The van der Waals surface area contributed by atoms with E-state index in [0.29, 0.717) is 0 Å². The summed E-state index contributed by atoms with van der Waals surface area (Å²) in [6, 6.07) is 0. The minimum absolute atomic E-state index is 0.264. The Labute approximate surface area is 80.1 Å². The standard InChI is InChI=1S/C10H20N2O/c13-10(2-3-10)4-8-12-7-1-5-11-6-9-12/h11,13H,1-9H2. The van der Waals surface area contributed by atoms with Gasteiger partial charge in [0.25, 0.3) is 0 Å². The van der Waals surface area contributed by atoms with Crippen LogP contribution < -0.4 is 5.32 Å². The summed E-state index contributed by atoms with van der Waals surface area (Å²) in [5, 5.41) is 13.1. The van der Waals surface area contributed by atoms with Crippen LogP contribution in [0.2, 0.25) is 0 Å². The molecule has 1 aliphatic carbocycles. The van der Waals surface area contributed by atoms with E-state index < -0.39 is 0 Å². The van der Waals surface area contributed by atoms with Gasteiger partial charge < -0.3 is 15.3 Å². The first-order chi connectivity index (χ1) is 6.29. The molecule has 2 fully saturated rings. The molecule has 0 aromatic rings. The first-order valence-electron chi connectivity index (χ1n) is 5.44. The molecule has 2 aliphatic rings. The van der Waals surface area contributed by atoms with Gasteiger partial charge in [-0.05, 0) is 38.8 Å². The summed E-state index contributed by atoms with van der Waals surface area (Å²) < 4.78 is 0. The molecule has 0 unspecified atom stereocenters. The molecule has 1 saturated carbocycles. The van der Waals surface area contributed by atoms with Crippen molar-refractivity contribution in [1.29, 1.82) is 0 Å². The number of nitrogens with one attached hydrogen (secondary N) is 1. The molecule has 2 rings (SSSR count). The Morgan fingerprint density at radius 2 is 2.08 bits per heavy atom. The second-order valence-electron chi connectivity index (χ2n) is 4.42. The zero-order chi connectivity index (χ0) is 9.15. The van der Waals surface area contributed by atoms with E-state index in [4.69, 9.17) is 0 Å². The van der Waals surface area contributed by atoms with Crippen LogP contribution >= 0.6 is 0 Å². The molecule has 1 heterocycles. The third-order valence-corrected chi connectivity index (χ3v) is 3.15. The van der Waals surface area contributed by atoms with Crippen molar-refractivity contribution in [2.24, 2.45) is 0 Å². The average molecular weight is 184 g/mol. The van der Waals surface area contributed by atoms with Gasteiger partial charge in [-0.1, -0.05) is 0 Å². The lowest BCUT2D eigenvalue weighted by atomic mass is 10.2. The van der Waals surface area contributed by atoms with Gasteiger partial charge in [-0.2, -0.15) is 0 Å². The lowest BCUT2D eigenvalue weighted by Crippen LogP contribution is -2.31. The van der Waals surface area contributed by atoms with Crippen molar-refractivity contribution in [2.45, 2.75) is 31.3 Å². The van der Waals surface area contributed by atoms with Gasteiger partial charge in [0.2, 0.25) is 0 Å². The summed E-state index contributed by atoms with van der Waals surface area (Å²) in [6.07, 6.45) is 4.28. The van der Waals surface area contributed by atoms with Crippen LogP contribution in [0.25, 0.3) is 0 Å². The van der Waals surface area contributed by atoms with E-state index in [2.05, 4.69) is 10.2 Å². The van der Waals surface area contributed by atoms with E-state index in [1.165, 1.54) is 13.0 Å². The summed E-state index contributed by atoms with van der Waals surface area (Å²) in [6.45, 7) is 5.69. The summed E-state index contributed by atoms with van der Waals surface area (Å²) in [5.41, 5.74) is -0.264. The fourth-order valence-corrected chi connectivity index (χ4v) is 1.89. The molecule has 76 valence electrons. The highest BCUT2D eigenvalue weighted by Crippen LogP contribution is 2.38. The lowest BCUT2D eigenvalue weighted by molar-refractivity contribution is 0.120. The third kappa shape index (κ3) is 2.93. The van der Waals surface area contributed by atoms with Crippen molar-refractivity contribution in [3.8, 4) is 0 Å². The van der Waals surface area contributed by atoms with Gasteiger partial charge in [0, 0.05) is 19.6 Å². The molecule has 0 radical (unpaired) electrons. The Morgan fingerprint density at radius 1 is 1.23 bits per heavy atom. The fraction of sp³-hybridized carbons (Fsp3) is 1.00. The molecule has 0 bridgehead atoms. The highest BCUT2D eigenvalue weighted by atomic mass is 16.3. The van der Waals surface area contributed by atoms with E-state index in [1.807, 2.05) is 0 Å². The molecule has 0 amide bonds. The summed E-state index contributed by atoms with van der Waals surface area (Å²) in [4.78, 5) is 2.47. The molecule has 3 nitrogen and oxygen atoms in total. The molecular weight excluding hydrogens is 164 g/mol. The van der Waals surface area contributed by atoms with E-state index in [0.717, 1.165) is 45.4 Å². The minimum atomic E-state index is -0.264. The molecule has 1 aliphatic heterocycles. The predicted molar refractivity (Wildman–Crippen MR) is 52.7 cm³/mol. The van der Waals surface area contributed by atoms with E-state index in [-0.39, 0.29) is 5.60 Å². The molecule has 13 heavy (non-hydrogen) atoms. The van der Waals surface area contributed by atoms with Gasteiger partial charge >= 0.3 is 0 Å². The first-order valence-corrected chi connectivity index (χ1v) is 5.44. The summed E-state index contributed by atoms with van der Waals surface area (Å²) in [5.74, 6) is 0. The van der Waals surface area contributed by atoms with Gasteiger partial charge in [0.05, 0.1) is 5.60 Å². The van der Waals surface area contributed by atoms with E-state index in [1.54, 1.807) is 0 Å². The van der Waals surface area contributed by atoms with Crippen molar-refractivity contribution < 1.29 is 5.11 Å². The highest BCUT2D eigenvalue weighted by molar-refractivity contribution is 4.93. The summed E-state index contributed by atoms with van der Waals surface area (Å²) in [7, 11) is 0. The predicted octanol–water partition coefficient (Wildman–Crippen LogP) is 0.197. The molecule has 0 spiro atoms. The molecule has 0 aromatic heterocycles. The average Bonchev–Trinajstić information content (AvgIpc) is 2.87. The van der Waals surface area contributed by atoms with Gasteiger partial charge in [-0.3, -0.25) is 0 Å². The Bertz CT molecular complexity index is 160. The van der Waals surface area contributed by atoms with Crippen LogP contribution in [0.5, 0.6) is 0 Å². The van der Waals surface area contributed by atoms with Crippen LogP contribution in [0, 0.1) is 0 Å². The number of nitrogens with zero attached hydrogens (tertiary/aromatic N) is 1. The Morgan fingerprint density at radius 3 is 2.85 bits per heavy atom. The number of hydrogen-bond donors (Lipinski definition) is 2. The Balaban J connectivity index is 1.67. The smallest absolute Gasteiger partial charge is 0.0662 e. The van der Waals surface area contributed by atoms with Crippen LogP contribution in [0.3, 0.4) is 0 Å². The van der Waals surface area contributed by atoms with Gasteiger partial charge in [0.1, 0.15) is 0 Å². The number of hydrogen-bond acceptors (Lipinski definition) is 3. The molecule has 1 saturated heterocycles. The normalized spacial score (nSPS) is 28.4. The van der Waals surface area contributed by atoms with Crippen LogP contribution in [-0.4, -0.2) is 48.3 Å². The maximum absolute atomic E-state index is 9.69. The number of aliphatic hydroxyl groups is 1. The minimum Gasteiger partial charge on any atom is -0.390 e. The highest BCUT2D eigenvalue weighted by Gasteiger charge is 2.39. The topological polar surface area (TPSA) is 35.5 Å². The van der Waals surface area contributed by atoms with Crippen molar-refractivity contribution in [3.05, 3.63) is 0 Å². The van der Waals surface area contributed by atoms with Crippen LogP contribution in [0.1, 0.15) is 25.7 Å². The van der Waals surface area contributed by atoms with Crippen molar-refractivity contribution in [1.82, 2.24) is 10.2 Å².